The lowest BCUT2D eigenvalue weighted by atomic mass is 9.69. The Labute approximate surface area is 72.0 Å². The normalized spacial score (nSPS) is 31.3. The Bertz CT molecular complexity index is 373. The van der Waals surface area contributed by atoms with E-state index >= 15 is 0 Å². The first-order valence-electron chi connectivity index (χ1n) is 4.69. The Hall–Kier alpha value is -1.04. The molecule has 0 heterocycles. The lowest BCUT2D eigenvalue weighted by Gasteiger charge is -2.35. The second-order valence-corrected chi connectivity index (χ2v) is 4.46. The molecule has 4 aliphatic rings. The number of fused-ring (bicyclic) bond motifs is 1. The zero-order valence-corrected chi connectivity index (χ0v) is 6.93. The van der Waals surface area contributed by atoms with E-state index in [4.69, 9.17) is 0 Å². The van der Waals surface area contributed by atoms with Gasteiger partial charge in [0, 0.05) is 5.41 Å². The summed E-state index contributed by atoms with van der Waals surface area (Å²) in [5.74, 6) is 0. The van der Waals surface area contributed by atoms with Crippen LogP contribution in [0.5, 0.6) is 0 Å². The van der Waals surface area contributed by atoms with E-state index in [0.717, 1.165) is 0 Å². The number of hydrogen-bond acceptors (Lipinski definition) is 0. The third-order valence-electron chi connectivity index (χ3n) is 3.73. The molecule has 0 amide bonds. The van der Waals surface area contributed by atoms with Crippen molar-refractivity contribution in [2.45, 2.75) is 19.3 Å². The lowest BCUT2D eigenvalue weighted by molar-refractivity contribution is 0.440. The molecule has 0 heteroatoms. The second-order valence-electron chi connectivity index (χ2n) is 4.46. The van der Waals surface area contributed by atoms with Crippen LogP contribution in [0.15, 0.2) is 46.6 Å². The quantitative estimate of drug-likeness (QED) is 0.503. The van der Waals surface area contributed by atoms with Crippen LogP contribution in [-0.2, 0) is 0 Å². The summed E-state index contributed by atoms with van der Waals surface area (Å²) in [5, 5.41) is 0. The van der Waals surface area contributed by atoms with E-state index in [2.05, 4.69) is 24.3 Å². The minimum absolute atomic E-state index is 0.423. The van der Waals surface area contributed by atoms with E-state index in [-0.39, 0.29) is 0 Å². The first kappa shape index (κ1) is 5.58. The van der Waals surface area contributed by atoms with Gasteiger partial charge in [0.15, 0.2) is 0 Å². The Morgan fingerprint density at radius 2 is 1.50 bits per heavy atom. The van der Waals surface area contributed by atoms with E-state index in [1.54, 1.807) is 22.3 Å². The summed E-state index contributed by atoms with van der Waals surface area (Å²) in [7, 11) is 0. The zero-order chi connectivity index (χ0) is 7.76. The van der Waals surface area contributed by atoms with Gasteiger partial charge in [-0.2, -0.15) is 0 Å². The molecule has 1 fully saturated rings. The molecule has 0 N–H and O–H groups in total. The van der Waals surface area contributed by atoms with Gasteiger partial charge in [-0.3, -0.25) is 0 Å². The van der Waals surface area contributed by atoms with Gasteiger partial charge in [0.05, 0.1) is 0 Å². The van der Waals surface area contributed by atoms with Crippen molar-refractivity contribution in [1.82, 2.24) is 0 Å². The number of allylic oxidation sites excluding steroid dienone is 8. The van der Waals surface area contributed by atoms with Gasteiger partial charge in [0.1, 0.15) is 0 Å². The molecule has 4 aliphatic carbocycles. The summed E-state index contributed by atoms with van der Waals surface area (Å²) in [6.45, 7) is 0. The van der Waals surface area contributed by atoms with E-state index < -0.39 is 0 Å². The van der Waals surface area contributed by atoms with Crippen molar-refractivity contribution >= 4 is 0 Å². The highest BCUT2D eigenvalue weighted by Gasteiger charge is 2.42. The molecule has 0 radical (unpaired) electrons. The average Bonchev–Trinajstić information content (AvgIpc) is 2.26. The van der Waals surface area contributed by atoms with E-state index in [9.17, 15) is 0 Å². The fourth-order valence-corrected chi connectivity index (χ4v) is 3.21. The summed E-state index contributed by atoms with van der Waals surface area (Å²) in [5.41, 5.74) is 6.96. The third-order valence-corrected chi connectivity index (χ3v) is 3.73. The predicted molar refractivity (Wildman–Crippen MR) is 48.6 cm³/mol. The smallest absolute Gasteiger partial charge is 0.0143 e. The zero-order valence-electron chi connectivity index (χ0n) is 6.93. The Balaban J connectivity index is 2.21. The first-order chi connectivity index (χ1) is 5.86. The molecule has 0 saturated heterocycles. The van der Waals surface area contributed by atoms with E-state index in [1.165, 1.54) is 19.3 Å². The highest BCUT2D eigenvalue weighted by Crippen LogP contribution is 2.58. The minimum Gasteiger partial charge on any atom is -0.0733 e. The molecule has 0 aromatic rings. The van der Waals surface area contributed by atoms with Crippen molar-refractivity contribution in [3.05, 3.63) is 46.6 Å². The number of rotatable bonds is 0. The average molecular weight is 154 g/mol. The van der Waals surface area contributed by atoms with Crippen molar-refractivity contribution in [2.24, 2.45) is 5.41 Å². The first-order valence-corrected chi connectivity index (χ1v) is 4.69. The predicted octanol–water partition coefficient (Wildman–Crippen LogP) is 2.90. The SMILES string of the molecule is C1=CC23C=CC4=C(CC(=C14)C2)C3. The molecule has 4 rings (SSSR count). The van der Waals surface area contributed by atoms with Gasteiger partial charge in [-0.25, -0.2) is 0 Å². The van der Waals surface area contributed by atoms with Crippen LogP contribution in [0.2, 0.25) is 0 Å². The molecule has 12 heavy (non-hydrogen) atoms. The van der Waals surface area contributed by atoms with Crippen molar-refractivity contribution in [3.8, 4) is 0 Å². The third kappa shape index (κ3) is 0.416. The summed E-state index contributed by atoms with van der Waals surface area (Å²) < 4.78 is 0. The van der Waals surface area contributed by atoms with Gasteiger partial charge >= 0.3 is 0 Å². The van der Waals surface area contributed by atoms with Crippen LogP contribution in [0.4, 0.5) is 0 Å². The molecular formula is C12H10. The molecular weight excluding hydrogens is 144 g/mol. The summed E-state index contributed by atoms with van der Waals surface area (Å²) >= 11 is 0. The highest BCUT2D eigenvalue weighted by atomic mass is 14.5. The van der Waals surface area contributed by atoms with Crippen LogP contribution >= 0.6 is 0 Å². The van der Waals surface area contributed by atoms with Crippen LogP contribution in [0.3, 0.4) is 0 Å². The summed E-state index contributed by atoms with van der Waals surface area (Å²) in [4.78, 5) is 0. The Morgan fingerprint density at radius 1 is 0.917 bits per heavy atom. The molecule has 0 aromatic carbocycles. The van der Waals surface area contributed by atoms with Crippen molar-refractivity contribution in [1.29, 1.82) is 0 Å². The van der Waals surface area contributed by atoms with Crippen LogP contribution in [-0.4, -0.2) is 0 Å². The molecule has 0 aliphatic heterocycles. The molecule has 0 atom stereocenters. The maximum absolute atomic E-state index is 2.42. The molecule has 58 valence electrons. The molecule has 1 spiro atoms. The monoisotopic (exact) mass is 154 g/mol. The van der Waals surface area contributed by atoms with Crippen LogP contribution in [0.25, 0.3) is 0 Å². The summed E-state index contributed by atoms with van der Waals surface area (Å²) in [6.07, 6.45) is 13.5. The molecule has 1 saturated carbocycles. The van der Waals surface area contributed by atoms with Crippen molar-refractivity contribution < 1.29 is 0 Å². The largest absolute Gasteiger partial charge is 0.0733 e. The van der Waals surface area contributed by atoms with Crippen LogP contribution < -0.4 is 0 Å². The van der Waals surface area contributed by atoms with Gasteiger partial charge in [0.25, 0.3) is 0 Å². The Morgan fingerprint density at radius 3 is 2.08 bits per heavy atom. The molecule has 0 unspecified atom stereocenters. The maximum atomic E-state index is 2.42. The molecule has 0 aromatic heterocycles. The topological polar surface area (TPSA) is 0 Å². The molecule has 0 nitrogen and oxygen atoms in total. The fraction of sp³-hybridized carbons (Fsp3) is 0.333. The van der Waals surface area contributed by atoms with E-state index in [1.807, 2.05) is 0 Å². The van der Waals surface area contributed by atoms with Crippen LogP contribution in [0.1, 0.15) is 19.3 Å². The van der Waals surface area contributed by atoms with Gasteiger partial charge in [-0.15, -0.1) is 0 Å². The highest BCUT2D eigenvalue weighted by molar-refractivity contribution is 5.66. The van der Waals surface area contributed by atoms with Crippen molar-refractivity contribution in [2.75, 3.05) is 0 Å². The van der Waals surface area contributed by atoms with Gasteiger partial charge in [-0.05, 0) is 30.4 Å². The number of hydrogen-bond donors (Lipinski definition) is 0. The fourth-order valence-electron chi connectivity index (χ4n) is 3.21. The van der Waals surface area contributed by atoms with Gasteiger partial charge in [0.2, 0.25) is 0 Å². The summed E-state index contributed by atoms with van der Waals surface area (Å²) in [6, 6.07) is 0. The minimum atomic E-state index is 0.423. The molecule has 3 bridgehead atoms. The van der Waals surface area contributed by atoms with Crippen LogP contribution in [0, 0.1) is 5.41 Å². The lowest BCUT2D eigenvalue weighted by Crippen LogP contribution is -2.22. The van der Waals surface area contributed by atoms with E-state index in [0.29, 0.717) is 5.41 Å². The van der Waals surface area contributed by atoms with Gasteiger partial charge in [-0.1, -0.05) is 35.5 Å². The van der Waals surface area contributed by atoms with Gasteiger partial charge < -0.3 is 0 Å². The van der Waals surface area contributed by atoms with Crippen molar-refractivity contribution in [3.63, 3.8) is 0 Å². The Kier molecular flexibility index (Phi) is 0.648. The standard InChI is InChI=1S/C12H10/c1-3-12-4-2-11-9(7-12)5-8(6-12)10(1)11/h1-4H,5-7H2. The second kappa shape index (κ2) is 1.39. The maximum Gasteiger partial charge on any atom is 0.0143 e.